The van der Waals surface area contributed by atoms with E-state index in [1.165, 1.54) is 0 Å². The van der Waals surface area contributed by atoms with E-state index in [-0.39, 0.29) is 6.04 Å². The van der Waals surface area contributed by atoms with Crippen LogP contribution >= 0.6 is 0 Å². The van der Waals surface area contributed by atoms with Crippen molar-refractivity contribution in [3.63, 3.8) is 0 Å². The zero-order valence-electron chi connectivity index (χ0n) is 11.7. The molecule has 2 aromatic heterocycles. The van der Waals surface area contributed by atoms with E-state index >= 15 is 0 Å². The highest BCUT2D eigenvalue weighted by Crippen LogP contribution is 2.15. The van der Waals surface area contributed by atoms with Crippen LogP contribution in [0, 0.1) is 0 Å². The third kappa shape index (κ3) is 3.61. The fourth-order valence-electron chi connectivity index (χ4n) is 2.02. The maximum absolute atomic E-state index is 4.59. The van der Waals surface area contributed by atoms with Crippen LogP contribution in [0.25, 0.3) is 0 Å². The molecule has 0 saturated heterocycles. The van der Waals surface area contributed by atoms with Gasteiger partial charge in [0.1, 0.15) is 6.33 Å². The Labute approximate surface area is 114 Å². The third-order valence-corrected chi connectivity index (χ3v) is 3.02. The number of rotatable bonds is 6. The molecule has 0 spiro atoms. The lowest BCUT2D eigenvalue weighted by atomic mass is 10.1. The third-order valence-electron chi connectivity index (χ3n) is 3.02. The van der Waals surface area contributed by atoms with Crippen molar-refractivity contribution in [2.24, 2.45) is 0 Å². The summed E-state index contributed by atoms with van der Waals surface area (Å²) in [4.78, 5) is 8.29. The number of aromatic nitrogens is 4. The number of hydrogen-bond acceptors (Lipinski definition) is 4. The van der Waals surface area contributed by atoms with Crippen molar-refractivity contribution >= 4 is 0 Å². The lowest BCUT2D eigenvalue weighted by Gasteiger charge is -2.15. The topological polar surface area (TPSA) is 55.6 Å². The largest absolute Gasteiger partial charge is 0.309 e. The lowest BCUT2D eigenvalue weighted by molar-refractivity contribution is 0.501. The van der Waals surface area contributed by atoms with E-state index in [1.54, 1.807) is 12.5 Å². The van der Waals surface area contributed by atoms with Crippen LogP contribution in [0.3, 0.4) is 0 Å². The molecule has 0 fully saturated rings. The summed E-state index contributed by atoms with van der Waals surface area (Å²) in [6, 6.07) is 4.60. The second kappa shape index (κ2) is 6.43. The summed E-state index contributed by atoms with van der Waals surface area (Å²) in [6.07, 6.45) is 6.24. The summed E-state index contributed by atoms with van der Waals surface area (Å²) in [5.41, 5.74) is 2.09. The highest BCUT2D eigenvalue weighted by Gasteiger charge is 2.14. The first-order valence-corrected chi connectivity index (χ1v) is 6.74. The zero-order chi connectivity index (χ0) is 13.7. The molecule has 1 unspecified atom stereocenters. The number of likely N-dealkylation sites (N-methyl/N-ethyl adjacent to an activating group) is 1. The molecule has 0 saturated carbocycles. The molecule has 102 valence electrons. The van der Waals surface area contributed by atoms with Gasteiger partial charge in [0.15, 0.2) is 0 Å². The normalized spacial score (nSPS) is 12.8. The van der Waals surface area contributed by atoms with E-state index in [0.717, 1.165) is 24.4 Å². The van der Waals surface area contributed by atoms with Gasteiger partial charge in [-0.1, -0.05) is 6.92 Å². The van der Waals surface area contributed by atoms with Crippen LogP contribution in [-0.4, -0.2) is 26.3 Å². The number of nitrogens with zero attached hydrogens (tertiary/aromatic N) is 4. The van der Waals surface area contributed by atoms with E-state index in [1.807, 2.05) is 16.9 Å². The smallest absolute Gasteiger partial charge is 0.115 e. The van der Waals surface area contributed by atoms with Crippen LogP contribution in [0.4, 0.5) is 0 Å². The standard InChI is InChI=1S/C14H21N5/c1-4-16-14(13-5-7-15-10-17-13)9-12-6-8-19(18-12)11(2)3/h5-8,10-11,14,16H,4,9H2,1-3H3. The predicted octanol–water partition coefficient (Wildman–Crippen LogP) is 2.15. The summed E-state index contributed by atoms with van der Waals surface area (Å²) in [5, 5.41) is 8.04. The molecular formula is C14H21N5. The Balaban J connectivity index is 2.12. The average Bonchev–Trinajstić information content (AvgIpc) is 2.88. The van der Waals surface area contributed by atoms with Crippen molar-refractivity contribution in [3.8, 4) is 0 Å². The molecular weight excluding hydrogens is 238 g/mol. The minimum absolute atomic E-state index is 0.184. The van der Waals surface area contributed by atoms with Crippen molar-refractivity contribution in [3.05, 3.63) is 42.2 Å². The highest BCUT2D eigenvalue weighted by atomic mass is 15.3. The van der Waals surface area contributed by atoms with Crippen molar-refractivity contribution in [1.29, 1.82) is 0 Å². The van der Waals surface area contributed by atoms with E-state index < -0.39 is 0 Å². The van der Waals surface area contributed by atoms with Gasteiger partial charge in [0.05, 0.1) is 17.4 Å². The van der Waals surface area contributed by atoms with E-state index in [0.29, 0.717) is 6.04 Å². The van der Waals surface area contributed by atoms with Gasteiger partial charge < -0.3 is 5.32 Å². The Bertz CT molecular complexity index is 492. The minimum atomic E-state index is 0.184. The molecule has 0 aliphatic heterocycles. The van der Waals surface area contributed by atoms with Gasteiger partial charge in [0.25, 0.3) is 0 Å². The molecule has 0 aliphatic rings. The zero-order valence-corrected chi connectivity index (χ0v) is 11.7. The van der Waals surface area contributed by atoms with Crippen LogP contribution in [-0.2, 0) is 6.42 Å². The maximum atomic E-state index is 4.59. The number of hydrogen-bond donors (Lipinski definition) is 1. The molecule has 0 bridgehead atoms. The van der Waals surface area contributed by atoms with Gasteiger partial charge in [-0.2, -0.15) is 5.10 Å². The van der Waals surface area contributed by atoms with Crippen molar-refractivity contribution in [1.82, 2.24) is 25.1 Å². The van der Waals surface area contributed by atoms with Crippen LogP contribution in [0.15, 0.2) is 30.9 Å². The first-order chi connectivity index (χ1) is 9.20. The molecule has 2 heterocycles. The molecule has 2 rings (SSSR count). The molecule has 19 heavy (non-hydrogen) atoms. The maximum Gasteiger partial charge on any atom is 0.115 e. The highest BCUT2D eigenvalue weighted by molar-refractivity contribution is 5.11. The van der Waals surface area contributed by atoms with Crippen LogP contribution < -0.4 is 5.32 Å². The molecule has 0 radical (unpaired) electrons. The fourth-order valence-corrected chi connectivity index (χ4v) is 2.02. The molecule has 1 N–H and O–H groups in total. The van der Waals surface area contributed by atoms with Gasteiger partial charge in [-0.05, 0) is 32.5 Å². The predicted molar refractivity (Wildman–Crippen MR) is 74.8 cm³/mol. The number of nitrogens with one attached hydrogen (secondary N) is 1. The Kier molecular flexibility index (Phi) is 4.63. The Hall–Kier alpha value is -1.75. The van der Waals surface area contributed by atoms with Gasteiger partial charge in [-0.15, -0.1) is 0 Å². The van der Waals surface area contributed by atoms with E-state index in [9.17, 15) is 0 Å². The van der Waals surface area contributed by atoms with Gasteiger partial charge in [0, 0.05) is 24.9 Å². The molecule has 0 aromatic carbocycles. The van der Waals surface area contributed by atoms with Crippen LogP contribution in [0.1, 0.15) is 44.2 Å². The SMILES string of the molecule is CCNC(Cc1ccn(C(C)C)n1)c1ccncn1. The van der Waals surface area contributed by atoms with Crippen molar-refractivity contribution < 1.29 is 0 Å². The van der Waals surface area contributed by atoms with Crippen molar-refractivity contribution in [2.45, 2.75) is 39.3 Å². The fraction of sp³-hybridized carbons (Fsp3) is 0.500. The Morgan fingerprint density at radius 2 is 2.16 bits per heavy atom. The van der Waals surface area contributed by atoms with Crippen LogP contribution in [0.2, 0.25) is 0 Å². The van der Waals surface area contributed by atoms with Crippen molar-refractivity contribution in [2.75, 3.05) is 6.54 Å². The van der Waals surface area contributed by atoms with Gasteiger partial charge in [-0.25, -0.2) is 9.97 Å². The molecule has 2 aromatic rings. The molecule has 1 atom stereocenters. The summed E-state index contributed by atoms with van der Waals surface area (Å²) < 4.78 is 1.98. The van der Waals surface area contributed by atoms with E-state index in [2.05, 4.69) is 47.2 Å². The Morgan fingerprint density at radius 3 is 2.74 bits per heavy atom. The molecule has 5 heteroatoms. The molecule has 5 nitrogen and oxygen atoms in total. The minimum Gasteiger partial charge on any atom is -0.309 e. The summed E-state index contributed by atoms with van der Waals surface area (Å²) >= 11 is 0. The molecule has 0 aliphatic carbocycles. The first kappa shape index (κ1) is 13.7. The first-order valence-electron chi connectivity index (χ1n) is 6.74. The van der Waals surface area contributed by atoms with Gasteiger partial charge >= 0.3 is 0 Å². The Morgan fingerprint density at radius 1 is 1.32 bits per heavy atom. The van der Waals surface area contributed by atoms with Crippen LogP contribution in [0.5, 0.6) is 0 Å². The van der Waals surface area contributed by atoms with Gasteiger partial charge in [0.2, 0.25) is 0 Å². The monoisotopic (exact) mass is 259 g/mol. The van der Waals surface area contributed by atoms with Gasteiger partial charge in [-0.3, -0.25) is 4.68 Å². The quantitative estimate of drug-likeness (QED) is 0.863. The summed E-state index contributed by atoms with van der Waals surface area (Å²) in [7, 11) is 0. The second-order valence-corrected chi connectivity index (χ2v) is 4.83. The average molecular weight is 259 g/mol. The summed E-state index contributed by atoms with van der Waals surface area (Å²) in [6.45, 7) is 7.26. The second-order valence-electron chi connectivity index (χ2n) is 4.83. The van der Waals surface area contributed by atoms with E-state index in [4.69, 9.17) is 0 Å². The molecule has 0 amide bonds. The lowest BCUT2D eigenvalue weighted by Crippen LogP contribution is -2.24. The summed E-state index contributed by atoms with van der Waals surface area (Å²) in [5.74, 6) is 0.